The summed E-state index contributed by atoms with van der Waals surface area (Å²) in [6.07, 6.45) is -0.271. The largest absolute Gasteiger partial charge is 0.497 e. The summed E-state index contributed by atoms with van der Waals surface area (Å²) in [5.41, 5.74) is -2.61. The quantitative estimate of drug-likeness (QED) is 0.236. The minimum absolute atomic E-state index is 0.103. The number of ether oxygens (including phenoxy) is 5. The first-order chi connectivity index (χ1) is 23.0. The molecule has 49 heavy (non-hydrogen) atoms. The van der Waals surface area contributed by atoms with Gasteiger partial charge in [0.05, 0.1) is 26.5 Å². The molecule has 2 heterocycles. The van der Waals surface area contributed by atoms with Gasteiger partial charge in [-0.15, -0.1) is 4.99 Å². The molecule has 2 amide bonds. The SMILES string of the molecule is COc1ccc(COCc2cc(F)c(C3(CF)C4CC4OC(=NC(=O)OC(C)(C)C)N3C(=O)OC(C)(C)C)cc2-c2cncc(F)c2)cc1. The number of nitrogens with zero attached hydrogens (tertiary/aromatic N) is 3. The first-order valence-electron chi connectivity index (χ1n) is 15.8. The highest BCUT2D eigenvalue weighted by Gasteiger charge is 2.67. The normalized spacial score (nSPS) is 21.1. The maximum atomic E-state index is 16.6. The van der Waals surface area contributed by atoms with E-state index in [9.17, 15) is 14.0 Å². The van der Waals surface area contributed by atoms with E-state index in [4.69, 9.17) is 23.7 Å². The summed E-state index contributed by atoms with van der Waals surface area (Å²) in [6.45, 7) is 8.46. The fraction of sp³-hybridized carbons (Fsp3) is 0.444. The van der Waals surface area contributed by atoms with Crippen LogP contribution in [0.3, 0.4) is 0 Å². The van der Waals surface area contributed by atoms with Gasteiger partial charge in [0.2, 0.25) is 0 Å². The molecule has 1 aromatic heterocycles. The molecule has 3 unspecified atom stereocenters. The molecular formula is C36H40F3N3O7. The third-order valence-corrected chi connectivity index (χ3v) is 7.91. The highest BCUT2D eigenvalue weighted by Crippen LogP contribution is 2.56. The summed E-state index contributed by atoms with van der Waals surface area (Å²) in [6, 6.07) is 10.4. The zero-order valence-electron chi connectivity index (χ0n) is 28.5. The summed E-state index contributed by atoms with van der Waals surface area (Å²) in [5.74, 6) is -1.58. The molecule has 2 aliphatic rings. The molecule has 13 heteroatoms. The number of pyridine rings is 1. The van der Waals surface area contributed by atoms with Crippen LogP contribution in [0.2, 0.25) is 0 Å². The van der Waals surface area contributed by atoms with Crippen molar-refractivity contribution in [3.05, 3.63) is 83.2 Å². The van der Waals surface area contributed by atoms with E-state index in [1.165, 1.54) is 24.4 Å². The number of fused-ring (bicyclic) bond motifs is 1. The smallest absolute Gasteiger partial charge is 0.438 e. The third-order valence-electron chi connectivity index (χ3n) is 7.91. The number of hydrogen-bond donors (Lipinski definition) is 0. The maximum Gasteiger partial charge on any atom is 0.438 e. The highest BCUT2D eigenvalue weighted by molar-refractivity contribution is 5.98. The van der Waals surface area contributed by atoms with Crippen LogP contribution < -0.4 is 4.74 Å². The second-order valence-electron chi connectivity index (χ2n) is 14.0. The lowest BCUT2D eigenvalue weighted by Gasteiger charge is -2.45. The van der Waals surface area contributed by atoms with E-state index in [2.05, 4.69) is 9.98 Å². The van der Waals surface area contributed by atoms with Gasteiger partial charge in [0.1, 0.15) is 46.9 Å². The first kappa shape index (κ1) is 35.7. The first-order valence-corrected chi connectivity index (χ1v) is 15.8. The molecule has 0 bridgehead atoms. The molecule has 3 atom stereocenters. The molecule has 2 aromatic carbocycles. The van der Waals surface area contributed by atoms with E-state index in [1.54, 1.807) is 60.8 Å². The van der Waals surface area contributed by atoms with Crippen molar-refractivity contribution >= 4 is 18.2 Å². The third kappa shape index (κ3) is 7.98. The monoisotopic (exact) mass is 683 g/mol. The molecule has 1 saturated heterocycles. The van der Waals surface area contributed by atoms with Crippen molar-refractivity contribution in [2.24, 2.45) is 10.9 Å². The van der Waals surface area contributed by atoms with Gasteiger partial charge >= 0.3 is 18.2 Å². The number of rotatable bonds is 8. The average molecular weight is 684 g/mol. The van der Waals surface area contributed by atoms with Crippen molar-refractivity contribution in [1.82, 2.24) is 9.88 Å². The molecule has 1 aliphatic heterocycles. The van der Waals surface area contributed by atoms with Gasteiger partial charge in [0, 0.05) is 23.2 Å². The van der Waals surface area contributed by atoms with E-state index in [-0.39, 0.29) is 30.8 Å². The van der Waals surface area contributed by atoms with Crippen LogP contribution >= 0.6 is 0 Å². The second kappa shape index (κ2) is 13.7. The molecule has 0 radical (unpaired) electrons. The van der Waals surface area contributed by atoms with Gasteiger partial charge in [-0.2, -0.15) is 0 Å². The van der Waals surface area contributed by atoms with Gasteiger partial charge < -0.3 is 23.7 Å². The zero-order valence-corrected chi connectivity index (χ0v) is 28.5. The van der Waals surface area contributed by atoms with Crippen molar-refractivity contribution in [1.29, 1.82) is 0 Å². The number of methoxy groups -OCH3 is 1. The fourth-order valence-corrected chi connectivity index (χ4v) is 5.76. The van der Waals surface area contributed by atoms with Crippen LogP contribution in [0.15, 0.2) is 59.9 Å². The van der Waals surface area contributed by atoms with Crippen LogP contribution in [-0.4, -0.2) is 59.2 Å². The maximum absolute atomic E-state index is 16.6. The Morgan fingerprint density at radius 2 is 1.69 bits per heavy atom. The number of hydrogen-bond acceptors (Lipinski definition) is 8. The predicted octanol–water partition coefficient (Wildman–Crippen LogP) is 7.86. The number of aromatic nitrogens is 1. The Labute approximate surface area is 283 Å². The number of halogens is 3. The number of carbonyl (C=O) groups excluding carboxylic acids is 2. The number of amides is 2. The van der Waals surface area contributed by atoms with Crippen molar-refractivity contribution in [2.45, 2.75) is 84.0 Å². The summed E-state index contributed by atoms with van der Waals surface area (Å²) in [5, 5.41) is 0. The lowest BCUT2D eigenvalue weighted by atomic mass is 9.81. The minimum atomic E-state index is -2.06. The second-order valence-corrected chi connectivity index (χ2v) is 14.0. The van der Waals surface area contributed by atoms with Gasteiger partial charge in [0.15, 0.2) is 0 Å². The Morgan fingerprint density at radius 1 is 1.00 bits per heavy atom. The average Bonchev–Trinajstić information content (AvgIpc) is 3.79. The number of aliphatic imine (C=N–C) groups is 1. The molecule has 0 N–H and O–H groups in total. The fourth-order valence-electron chi connectivity index (χ4n) is 5.76. The Hall–Kier alpha value is -4.65. The lowest BCUT2D eigenvalue weighted by molar-refractivity contribution is -0.0218. The van der Waals surface area contributed by atoms with Crippen LogP contribution in [0.25, 0.3) is 11.1 Å². The number of amidine groups is 1. The van der Waals surface area contributed by atoms with Crippen LogP contribution in [0.5, 0.6) is 5.75 Å². The summed E-state index contributed by atoms with van der Waals surface area (Å²) < 4.78 is 74.9. The van der Waals surface area contributed by atoms with Gasteiger partial charge in [0.25, 0.3) is 0 Å². The molecule has 1 saturated carbocycles. The van der Waals surface area contributed by atoms with E-state index in [0.717, 1.165) is 16.7 Å². The Balaban J connectivity index is 1.62. The van der Waals surface area contributed by atoms with Crippen molar-refractivity contribution in [3.8, 4) is 16.9 Å². The zero-order chi connectivity index (χ0) is 35.7. The van der Waals surface area contributed by atoms with Crippen LogP contribution in [0.4, 0.5) is 22.8 Å². The van der Waals surface area contributed by atoms with Gasteiger partial charge in [-0.05, 0) is 95.0 Å². The van der Waals surface area contributed by atoms with E-state index in [1.807, 2.05) is 12.1 Å². The van der Waals surface area contributed by atoms with Crippen molar-refractivity contribution in [2.75, 3.05) is 13.8 Å². The van der Waals surface area contributed by atoms with E-state index >= 15 is 8.78 Å². The number of carbonyl (C=O) groups is 2. The molecule has 2 fully saturated rings. The number of alkyl halides is 1. The van der Waals surface area contributed by atoms with E-state index in [0.29, 0.717) is 16.9 Å². The molecule has 5 rings (SSSR count). The molecule has 0 spiro atoms. The van der Waals surface area contributed by atoms with Crippen LogP contribution in [-0.2, 0) is 37.7 Å². The standard InChI is InChI=1S/C36H40F3N3O7/c1-34(2,3)48-32(43)41-31-42(33(44)49-35(4,5)6)36(20-37,28-15-30(28)47-31)27-14-26(22-12-24(38)17-40-16-22)23(13-29(27)39)19-46-18-21-8-10-25(45-7)11-9-21/h8-14,16-17,28,30H,15,18-20H2,1-7H3. The molecule has 3 aromatic rings. The van der Waals surface area contributed by atoms with Crippen LogP contribution in [0.1, 0.15) is 64.7 Å². The van der Waals surface area contributed by atoms with Crippen molar-refractivity contribution in [3.63, 3.8) is 0 Å². The van der Waals surface area contributed by atoms with Gasteiger partial charge in [-0.25, -0.2) is 27.7 Å². The molecular weight excluding hydrogens is 643 g/mol. The molecule has 10 nitrogen and oxygen atoms in total. The summed E-state index contributed by atoms with van der Waals surface area (Å²) in [7, 11) is 1.56. The predicted molar refractivity (Wildman–Crippen MR) is 173 cm³/mol. The summed E-state index contributed by atoms with van der Waals surface area (Å²) in [4.78, 5) is 35.4. The van der Waals surface area contributed by atoms with E-state index < -0.39 is 65.3 Å². The Morgan fingerprint density at radius 3 is 2.31 bits per heavy atom. The Kier molecular flexibility index (Phi) is 9.96. The van der Waals surface area contributed by atoms with Crippen LogP contribution in [0, 0.1) is 17.6 Å². The van der Waals surface area contributed by atoms with Crippen molar-refractivity contribution < 1.29 is 46.4 Å². The van der Waals surface area contributed by atoms with Gasteiger partial charge in [-0.3, -0.25) is 4.98 Å². The molecule has 262 valence electrons. The minimum Gasteiger partial charge on any atom is -0.497 e. The lowest BCUT2D eigenvalue weighted by Crippen LogP contribution is -2.61. The highest BCUT2D eigenvalue weighted by atomic mass is 19.1. The summed E-state index contributed by atoms with van der Waals surface area (Å²) >= 11 is 0. The number of benzene rings is 2. The van der Waals surface area contributed by atoms with Gasteiger partial charge in [-0.1, -0.05) is 12.1 Å². The Bertz CT molecular complexity index is 1740. The molecule has 1 aliphatic carbocycles. The topological polar surface area (TPSA) is 109 Å².